The molecule has 2 fully saturated rings. The summed E-state index contributed by atoms with van der Waals surface area (Å²) in [6.45, 7) is 2.57. The molecule has 106 valence electrons. The van der Waals surface area contributed by atoms with Gasteiger partial charge in [-0.15, -0.1) is 5.59 Å². The summed E-state index contributed by atoms with van der Waals surface area (Å²) >= 11 is 0. The first kappa shape index (κ1) is 14.1. The van der Waals surface area contributed by atoms with Gasteiger partial charge in [0.1, 0.15) is 0 Å². The zero-order chi connectivity index (χ0) is 13.0. The second-order valence-corrected chi connectivity index (χ2v) is 5.37. The van der Waals surface area contributed by atoms with Gasteiger partial charge in [-0.05, 0) is 51.7 Å². The molecule has 4 nitrogen and oxygen atoms in total. The van der Waals surface area contributed by atoms with Crippen molar-refractivity contribution in [3.05, 3.63) is 0 Å². The van der Waals surface area contributed by atoms with Crippen molar-refractivity contribution in [1.82, 2.24) is 15.5 Å². The number of rotatable bonds is 3. The lowest BCUT2D eigenvalue weighted by Crippen LogP contribution is -2.43. The highest BCUT2D eigenvalue weighted by Gasteiger charge is 2.28. The summed E-state index contributed by atoms with van der Waals surface area (Å²) in [4.78, 5) is 7.94. The first-order valence-corrected chi connectivity index (χ1v) is 6.78. The minimum absolute atomic E-state index is 0.168. The van der Waals surface area contributed by atoms with Crippen molar-refractivity contribution < 1.29 is 13.6 Å². The van der Waals surface area contributed by atoms with Crippen molar-refractivity contribution in [2.24, 2.45) is 5.92 Å². The summed E-state index contributed by atoms with van der Waals surface area (Å²) < 4.78 is 24.6. The quantitative estimate of drug-likeness (QED) is 0.835. The Morgan fingerprint density at radius 3 is 2.61 bits per heavy atom. The summed E-state index contributed by atoms with van der Waals surface area (Å²) in [5.74, 6) is 0.556. The van der Waals surface area contributed by atoms with Crippen molar-refractivity contribution in [2.45, 2.75) is 38.2 Å². The monoisotopic (exact) mass is 263 g/mol. The van der Waals surface area contributed by atoms with Gasteiger partial charge < -0.3 is 4.90 Å². The third-order valence-corrected chi connectivity index (χ3v) is 3.90. The molecule has 2 aliphatic rings. The van der Waals surface area contributed by atoms with Crippen molar-refractivity contribution in [1.29, 1.82) is 0 Å². The topological polar surface area (TPSA) is 27.7 Å². The van der Waals surface area contributed by atoms with Crippen LogP contribution >= 0.6 is 0 Å². The molecule has 0 spiro atoms. The Hall–Kier alpha value is -0.300. The molecule has 6 heteroatoms. The number of hydrogen-bond donors (Lipinski definition) is 1. The molecule has 18 heavy (non-hydrogen) atoms. The molecule has 0 aliphatic carbocycles. The van der Waals surface area contributed by atoms with Crippen LogP contribution in [-0.4, -0.2) is 55.7 Å². The molecule has 0 aromatic rings. The average Bonchev–Trinajstić information content (AvgIpc) is 2.55. The van der Waals surface area contributed by atoms with E-state index >= 15 is 0 Å². The molecule has 0 aromatic heterocycles. The Labute approximate surface area is 107 Å². The number of hydrazine groups is 1. The predicted molar refractivity (Wildman–Crippen MR) is 65.0 cm³/mol. The smallest absolute Gasteiger partial charge is 0.252 e. The number of alkyl halides is 2. The molecule has 1 unspecified atom stereocenters. The number of halogens is 2. The molecule has 0 aromatic carbocycles. The van der Waals surface area contributed by atoms with Gasteiger partial charge in [0.15, 0.2) is 0 Å². The van der Waals surface area contributed by atoms with E-state index in [1.165, 1.54) is 5.01 Å². The van der Waals surface area contributed by atoms with Gasteiger partial charge in [0.05, 0.1) is 12.6 Å². The van der Waals surface area contributed by atoms with E-state index in [0.717, 1.165) is 38.8 Å². The van der Waals surface area contributed by atoms with Gasteiger partial charge in [-0.25, -0.2) is 13.8 Å². The maximum absolute atomic E-state index is 12.3. The van der Waals surface area contributed by atoms with E-state index in [9.17, 15) is 8.78 Å². The minimum atomic E-state index is -2.32. The lowest BCUT2D eigenvalue weighted by Gasteiger charge is -2.33. The van der Waals surface area contributed by atoms with Gasteiger partial charge in [-0.1, -0.05) is 0 Å². The van der Waals surface area contributed by atoms with Crippen molar-refractivity contribution in [3.63, 3.8) is 0 Å². The Kier molecular flexibility index (Phi) is 5.29. The highest BCUT2D eigenvalue weighted by molar-refractivity contribution is 4.78. The van der Waals surface area contributed by atoms with E-state index in [1.54, 1.807) is 0 Å². The van der Waals surface area contributed by atoms with E-state index in [4.69, 9.17) is 4.84 Å². The van der Waals surface area contributed by atoms with Crippen molar-refractivity contribution >= 4 is 0 Å². The highest BCUT2D eigenvalue weighted by Crippen LogP contribution is 2.25. The van der Waals surface area contributed by atoms with E-state index in [0.29, 0.717) is 12.5 Å². The van der Waals surface area contributed by atoms with E-state index in [2.05, 4.69) is 17.5 Å². The summed E-state index contributed by atoms with van der Waals surface area (Å²) in [6, 6.07) is 0. The average molecular weight is 263 g/mol. The molecule has 2 saturated heterocycles. The Bertz CT molecular complexity index is 247. The zero-order valence-corrected chi connectivity index (χ0v) is 10.9. The SMILES string of the molecule is CN1CCC(C2CCCN(CC(F)F)NO2)CC1. The molecule has 2 aliphatic heterocycles. The van der Waals surface area contributed by atoms with Gasteiger partial charge >= 0.3 is 0 Å². The van der Waals surface area contributed by atoms with Gasteiger partial charge in [0, 0.05) is 6.54 Å². The molecule has 0 radical (unpaired) electrons. The fourth-order valence-corrected chi connectivity index (χ4v) is 2.76. The van der Waals surface area contributed by atoms with Crippen LogP contribution in [0.1, 0.15) is 25.7 Å². The van der Waals surface area contributed by atoms with E-state index in [-0.39, 0.29) is 12.6 Å². The number of hydrogen-bond acceptors (Lipinski definition) is 4. The zero-order valence-electron chi connectivity index (χ0n) is 10.9. The van der Waals surface area contributed by atoms with Crippen molar-refractivity contribution in [2.75, 3.05) is 33.2 Å². The normalized spacial score (nSPS) is 29.7. The largest absolute Gasteiger partial charge is 0.306 e. The number of likely N-dealkylation sites (tertiary alicyclic amines) is 1. The molecule has 2 rings (SSSR count). The molecule has 1 N–H and O–H groups in total. The number of nitrogens with zero attached hydrogens (tertiary/aromatic N) is 2. The van der Waals surface area contributed by atoms with Gasteiger partial charge in [0.25, 0.3) is 6.43 Å². The standard InChI is InChI=1S/C12H23F2N3O/c1-16-7-4-10(5-8-16)11-3-2-6-17(15-18-11)9-12(13)14/h10-12,15H,2-9H2,1H3. The summed E-state index contributed by atoms with van der Waals surface area (Å²) in [5.41, 5.74) is 2.71. The maximum Gasteiger partial charge on any atom is 0.252 e. The fourth-order valence-electron chi connectivity index (χ4n) is 2.76. The van der Waals surface area contributed by atoms with Crippen LogP contribution in [0.2, 0.25) is 0 Å². The van der Waals surface area contributed by atoms with Crippen LogP contribution in [0.15, 0.2) is 0 Å². The van der Waals surface area contributed by atoms with E-state index < -0.39 is 6.43 Å². The molecular formula is C12H23F2N3O. The molecule has 2 heterocycles. The van der Waals surface area contributed by atoms with Crippen molar-refractivity contribution in [3.8, 4) is 0 Å². The number of nitrogens with one attached hydrogen (secondary N) is 1. The van der Waals surface area contributed by atoms with Crippen LogP contribution in [0.4, 0.5) is 8.78 Å². The molecular weight excluding hydrogens is 240 g/mol. The van der Waals surface area contributed by atoms with Gasteiger partial charge in [-0.2, -0.15) is 0 Å². The van der Waals surface area contributed by atoms with Crippen LogP contribution in [0.3, 0.4) is 0 Å². The molecule has 0 amide bonds. The molecule has 1 atom stereocenters. The maximum atomic E-state index is 12.3. The second-order valence-electron chi connectivity index (χ2n) is 5.37. The van der Waals surface area contributed by atoms with Crippen LogP contribution in [0.5, 0.6) is 0 Å². The Morgan fingerprint density at radius 2 is 1.94 bits per heavy atom. The second kappa shape index (κ2) is 6.75. The molecule has 0 bridgehead atoms. The van der Waals surface area contributed by atoms with Gasteiger partial charge in [-0.3, -0.25) is 4.84 Å². The summed E-state index contributed by atoms with van der Waals surface area (Å²) in [6.07, 6.45) is 2.00. The lowest BCUT2D eigenvalue weighted by atomic mass is 9.89. The fraction of sp³-hybridized carbons (Fsp3) is 1.00. The number of piperidine rings is 1. The first-order chi connectivity index (χ1) is 8.65. The summed E-state index contributed by atoms with van der Waals surface area (Å²) in [7, 11) is 2.13. The minimum Gasteiger partial charge on any atom is -0.306 e. The van der Waals surface area contributed by atoms with Gasteiger partial charge in [0.2, 0.25) is 0 Å². The third kappa shape index (κ3) is 4.12. The highest BCUT2D eigenvalue weighted by atomic mass is 19.3. The van der Waals surface area contributed by atoms with E-state index in [1.807, 2.05) is 0 Å². The van der Waals surface area contributed by atoms with Crippen LogP contribution in [0.25, 0.3) is 0 Å². The van der Waals surface area contributed by atoms with Crippen LogP contribution < -0.4 is 5.59 Å². The van der Waals surface area contributed by atoms with Crippen LogP contribution in [-0.2, 0) is 4.84 Å². The predicted octanol–water partition coefficient (Wildman–Crippen LogP) is 1.49. The molecule has 0 saturated carbocycles. The lowest BCUT2D eigenvalue weighted by molar-refractivity contribution is -0.139. The summed E-state index contributed by atoms with van der Waals surface area (Å²) in [5, 5.41) is 1.49. The Morgan fingerprint density at radius 1 is 1.22 bits per heavy atom. The van der Waals surface area contributed by atoms with Crippen LogP contribution in [0, 0.1) is 5.92 Å². The first-order valence-electron chi connectivity index (χ1n) is 6.78. The third-order valence-electron chi connectivity index (χ3n) is 3.90. The Balaban J connectivity index is 1.78.